The Morgan fingerprint density at radius 1 is 1.33 bits per heavy atom. The second-order valence-corrected chi connectivity index (χ2v) is 5.17. The summed E-state index contributed by atoms with van der Waals surface area (Å²) in [6.45, 7) is 1.39. The number of nitrogens with one attached hydrogen (secondary N) is 1. The summed E-state index contributed by atoms with van der Waals surface area (Å²) in [5.41, 5.74) is -2.64. The number of hydrogen-bond donors (Lipinski definition) is 2. The third-order valence-corrected chi connectivity index (χ3v) is 3.53. The van der Waals surface area contributed by atoms with Gasteiger partial charge in [-0.15, -0.1) is 0 Å². The maximum Gasteiger partial charge on any atom is 0.433 e. The van der Waals surface area contributed by atoms with E-state index in [-0.39, 0.29) is 11.5 Å². The number of aromatic nitrogens is 1. The molecule has 21 heavy (non-hydrogen) atoms. The SMILES string of the molecule is CC(NC(=O)c1ccc(C(F)(F)F)nc1)(C(=O)O)C1CC1. The number of pyridine rings is 1. The van der Waals surface area contributed by atoms with Crippen molar-refractivity contribution >= 4 is 11.9 Å². The lowest BCUT2D eigenvalue weighted by molar-refractivity contribution is -0.144. The Labute approximate surface area is 118 Å². The van der Waals surface area contributed by atoms with Gasteiger partial charge < -0.3 is 10.4 Å². The summed E-state index contributed by atoms with van der Waals surface area (Å²) in [5, 5.41) is 11.6. The van der Waals surface area contributed by atoms with Crippen LogP contribution in [0.2, 0.25) is 0 Å². The van der Waals surface area contributed by atoms with E-state index in [1.165, 1.54) is 6.92 Å². The molecule has 0 bridgehead atoms. The number of nitrogens with zero attached hydrogens (tertiary/aromatic N) is 1. The number of hydrogen-bond acceptors (Lipinski definition) is 3. The number of alkyl halides is 3. The number of carbonyl (C=O) groups excluding carboxylic acids is 1. The highest BCUT2D eigenvalue weighted by Gasteiger charge is 2.48. The van der Waals surface area contributed by atoms with Crippen LogP contribution in [-0.4, -0.2) is 27.5 Å². The fourth-order valence-corrected chi connectivity index (χ4v) is 1.99. The van der Waals surface area contributed by atoms with Crippen molar-refractivity contribution in [2.24, 2.45) is 5.92 Å². The minimum Gasteiger partial charge on any atom is -0.480 e. The summed E-state index contributed by atoms with van der Waals surface area (Å²) in [7, 11) is 0. The van der Waals surface area contributed by atoms with Gasteiger partial charge in [0.15, 0.2) is 0 Å². The zero-order valence-electron chi connectivity index (χ0n) is 11.1. The van der Waals surface area contributed by atoms with E-state index < -0.39 is 29.3 Å². The number of carbonyl (C=O) groups is 2. The monoisotopic (exact) mass is 302 g/mol. The van der Waals surface area contributed by atoms with Crippen molar-refractivity contribution in [3.8, 4) is 0 Å². The van der Waals surface area contributed by atoms with Crippen LogP contribution in [0.5, 0.6) is 0 Å². The molecule has 1 aromatic rings. The molecule has 1 aromatic heterocycles. The minimum absolute atomic E-state index is 0.115. The molecule has 5 nitrogen and oxygen atoms in total. The highest BCUT2D eigenvalue weighted by Crippen LogP contribution is 2.39. The maximum atomic E-state index is 12.4. The van der Waals surface area contributed by atoms with Gasteiger partial charge in [0.05, 0.1) is 5.56 Å². The van der Waals surface area contributed by atoms with Crippen LogP contribution in [-0.2, 0) is 11.0 Å². The summed E-state index contributed by atoms with van der Waals surface area (Å²) in [6, 6.07) is 1.66. The molecule has 0 saturated heterocycles. The predicted octanol–water partition coefficient (Wildman–Crippen LogP) is 2.08. The predicted molar refractivity (Wildman–Crippen MR) is 65.5 cm³/mol. The molecular formula is C13H13F3N2O3. The second kappa shape index (κ2) is 5.01. The van der Waals surface area contributed by atoms with Crippen LogP contribution in [0.3, 0.4) is 0 Å². The van der Waals surface area contributed by atoms with Gasteiger partial charge in [0.25, 0.3) is 5.91 Å². The second-order valence-electron chi connectivity index (χ2n) is 5.17. The van der Waals surface area contributed by atoms with E-state index >= 15 is 0 Å². The third kappa shape index (κ3) is 3.14. The van der Waals surface area contributed by atoms with Crippen molar-refractivity contribution in [3.05, 3.63) is 29.6 Å². The number of carboxylic acids is 1. The van der Waals surface area contributed by atoms with Gasteiger partial charge in [-0.2, -0.15) is 13.2 Å². The normalized spacial score (nSPS) is 17.9. The van der Waals surface area contributed by atoms with Crippen LogP contribution < -0.4 is 5.32 Å². The van der Waals surface area contributed by atoms with Crippen LogP contribution in [0.1, 0.15) is 35.8 Å². The molecule has 0 aromatic carbocycles. The Kier molecular flexibility index (Phi) is 3.65. The van der Waals surface area contributed by atoms with E-state index in [1.807, 2.05) is 0 Å². The largest absolute Gasteiger partial charge is 0.480 e. The van der Waals surface area contributed by atoms with E-state index in [4.69, 9.17) is 0 Å². The first-order valence-corrected chi connectivity index (χ1v) is 6.24. The zero-order chi connectivity index (χ0) is 15.8. The molecule has 1 atom stereocenters. The molecule has 1 unspecified atom stereocenters. The van der Waals surface area contributed by atoms with Gasteiger partial charge >= 0.3 is 12.1 Å². The quantitative estimate of drug-likeness (QED) is 0.892. The smallest absolute Gasteiger partial charge is 0.433 e. The van der Waals surface area contributed by atoms with E-state index in [1.54, 1.807) is 0 Å². The van der Waals surface area contributed by atoms with Gasteiger partial charge in [-0.05, 0) is 37.8 Å². The summed E-state index contributed by atoms with van der Waals surface area (Å²) in [4.78, 5) is 26.4. The zero-order valence-corrected chi connectivity index (χ0v) is 11.1. The summed E-state index contributed by atoms with van der Waals surface area (Å²) < 4.78 is 37.1. The molecular weight excluding hydrogens is 289 g/mol. The van der Waals surface area contributed by atoms with E-state index in [0.717, 1.165) is 12.3 Å². The average Bonchev–Trinajstić information content (AvgIpc) is 3.22. The molecule has 8 heteroatoms. The molecule has 1 fully saturated rings. The Morgan fingerprint density at radius 3 is 2.33 bits per heavy atom. The fraction of sp³-hybridized carbons (Fsp3) is 0.462. The van der Waals surface area contributed by atoms with Gasteiger partial charge in [-0.1, -0.05) is 0 Å². The first-order valence-electron chi connectivity index (χ1n) is 6.24. The van der Waals surface area contributed by atoms with Crippen molar-refractivity contribution in [2.75, 3.05) is 0 Å². The minimum atomic E-state index is -4.58. The number of amides is 1. The van der Waals surface area contributed by atoms with Crippen LogP contribution in [0.4, 0.5) is 13.2 Å². The number of rotatable bonds is 4. The molecule has 1 aliphatic rings. The van der Waals surface area contributed by atoms with Gasteiger partial charge in [-0.25, -0.2) is 4.79 Å². The first-order chi connectivity index (χ1) is 9.64. The summed E-state index contributed by atoms with van der Waals surface area (Å²) in [5.74, 6) is -2.09. The average molecular weight is 302 g/mol. The van der Waals surface area contributed by atoms with Gasteiger partial charge in [0.1, 0.15) is 11.2 Å². The summed E-state index contributed by atoms with van der Waals surface area (Å²) in [6.07, 6.45) is -2.42. The van der Waals surface area contributed by atoms with Gasteiger partial charge in [0, 0.05) is 6.20 Å². The number of carboxylic acid groups (broad SMARTS) is 1. The molecule has 1 heterocycles. The standard InChI is InChI=1S/C13H13F3N2O3/c1-12(11(20)21,8-3-4-8)18-10(19)7-2-5-9(17-6-7)13(14,15)16/h2,5-6,8H,3-4H2,1H3,(H,18,19)(H,20,21). The topological polar surface area (TPSA) is 79.3 Å². The Hall–Kier alpha value is -2.12. The first kappa shape index (κ1) is 15.3. The highest BCUT2D eigenvalue weighted by atomic mass is 19.4. The fourth-order valence-electron chi connectivity index (χ4n) is 1.99. The highest BCUT2D eigenvalue weighted by molar-refractivity contribution is 5.97. The van der Waals surface area contributed by atoms with E-state index in [9.17, 15) is 27.9 Å². The van der Waals surface area contributed by atoms with Crippen LogP contribution >= 0.6 is 0 Å². The molecule has 0 radical (unpaired) electrons. The molecule has 2 rings (SSSR count). The Morgan fingerprint density at radius 2 is 1.95 bits per heavy atom. The lowest BCUT2D eigenvalue weighted by Gasteiger charge is -2.26. The summed E-state index contributed by atoms with van der Waals surface area (Å²) >= 11 is 0. The van der Waals surface area contributed by atoms with Crippen molar-refractivity contribution in [2.45, 2.75) is 31.5 Å². The molecule has 1 amide bonds. The molecule has 1 saturated carbocycles. The maximum absolute atomic E-state index is 12.4. The molecule has 114 valence electrons. The van der Waals surface area contributed by atoms with Crippen LogP contribution in [0.15, 0.2) is 18.3 Å². The van der Waals surface area contributed by atoms with Crippen molar-refractivity contribution in [3.63, 3.8) is 0 Å². The Balaban J connectivity index is 2.15. The van der Waals surface area contributed by atoms with Crippen molar-refractivity contribution in [1.29, 1.82) is 0 Å². The van der Waals surface area contributed by atoms with Crippen LogP contribution in [0.25, 0.3) is 0 Å². The van der Waals surface area contributed by atoms with E-state index in [2.05, 4.69) is 10.3 Å². The molecule has 0 spiro atoms. The third-order valence-electron chi connectivity index (χ3n) is 3.53. The van der Waals surface area contributed by atoms with E-state index in [0.29, 0.717) is 18.9 Å². The lowest BCUT2D eigenvalue weighted by atomic mass is 9.95. The Bertz CT molecular complexity index is 567. The van der Waals surface area contributed by atoms with Gasteiger partial charge in [-0.3, -0.25) is 9.78 Å². The molecule has 1 aliphatic carbocycles. The number of halogens is 3. The number of aliphatic carboxylic acids is 1. The van der Waals surface area contributed by atoms with Gasteiger partial charge in [0.2, 0.25) is 0 Å². The van der Waals surface area contributed by atoms with Crippen molar-refractivity contribution in [1.82, 2.24) is 10.3 Å². The molecule has 0 aliphatic heterocycles. The molecule has 2 N–H and O–H groups in total. The van der Waals surface area contributed by atoms with Crippen LogP contribution in [0, 0.1) is 5.92 Å². The lowest BCUT2D eigenvalue weighted by Crippen LogP contribution is -2.54. The van der Waals surface area contributed by atoms with Crippen molar-refractivity contribution < 1.29 is 27.9 Å².